The van der Waals surface area contributed by atoms with Gasteiger partial charge in [-0.05, 0) is 12.8 Å². The minimum atomic E-state index is 0.246. The molecule has 0 saturated heterocycles. The molecule has 1 aliphatic rings. The highest BCUT2D eigenvalue weighted by Crippen LogP contribution is 2.36. The Balaban J connectivity index is 2.14. The lowest BCUT2D eigenvalue weighted by Crippen LogP contribution is -2.01. The lowest BCUT2D eigenvalue weighted by Gasteiger charge is -2.11. The van der Waals surface area contributed by atoms with Gasteiger partial charge < -0.3 is 15.4 Å². The number of rotatable bonds is 1. The maximum atomic E-state index is 10.1. The Hall–Kier alpha value is -1.78. The van der Waals surface area contributed by atoms with E-state index in [0.717, 1.165) is 18.4 Å². The van der Waals surface area contributed by atoms with Crippen molar-refractivity contribution in [1.82, 2.24) is 14.5 Å². The lowest BCUT2D eigenvalue weighted by atomic mass is 10.2. The van der Waals surface area contributed by atoms with Crippen LogP contribution in [0.3, 0.4) is 0 Å². The first-order valence-corrected chi connectivity index (χ1v) is 5.58. The van der Waals surface area contributed by atoms with Gasteiger partial charge in [-0.15, -0.1) is 0 Å². The maximum Gasteiger partial charge on any atom is 0.220 e. The summed E-state index contributed by atoms with van der Waals surface area (Å²) >= 11 is 0. The predicted molar refractivity (Wildman–Crippen MR) is 61.1 cm³/mol. The molecule has 2 aromatic heterocycles. The summed E-state index contributed by atoms with van der Waals surface area (Å²) in [6.45, 7) is 0. The van der Waals surface area contributed by atoms with E-state index in [2.05, 4.69) is 9.97 Å². The monoisotopic (exact) mass is 218 g/mol. The lowest BCUT2D eigenvalue weighted by molar-refractivity contribution is 0.387. The van der Waals surface area contributed by atoms with Crippen molar-refractivity contribution >= 4 is 16.9 Å². The molecule has 1 saturated carbocycles. The largest absolute Gasteiger partial charge is 0.494 e. The van der Waals surface area contributed by atoms with Gasteiger partial charge in [-0.1, -0.05) is 12.8 Å². The maximum absolute atomic E-state index is 10.1. The van der Waals surface area contributed by atoms with E-state index in [4.69, 9.17) is 5.73 Å². The molecule has 0 unspecified atom stereocenters. The van der Waals surface area contributed by atoms with Gasteiger partial charge in [0.2, 0.25) is 11.8 Å². The summed E-state index contributed by atoms with van der Waals surface area (Å²) in [5.74, 6) is 0.512. The van der Waals surface area contributed by atoms with Crippen LogP contribution in [0.2, 0.25) is 0 Å². The zero-order valence-corrected chi connectivity index (χ0v) is 8.93. The van der Waals surface area contributed by atoms with Gasteiger partial charge in [-0.25, -0.2) is 9.97 Å². The van der Waals surface area contributed by atoms with Gasteiger partial charge in [0.25, 0.3) is 0 Å². The fraction of sp³-hybridized carbons (Fsp3) is 0.455. The molecular formula is C11H14N4O. The van der Waals surface area contributed by atoms with Gasteiger partial charge in [-0.2, -0.15) is 0 Å². The molecular weight excluding hydrogens is 204 g/mol. The van der Waals surface area contributed by atoms with Crippen molar-refractivity contribution in [2.45, 2.75) is 31.7 Å². The summed E-state index contributed by atoms with van der Waals surface area (Å²) in [4.78, 5) is 8.02. The van der Waals surface area contributed by atoms with Crippen molar-refractivity contribution in [3.8, 4) is 5.88 Å². The van der Waals surface area contributed by atoms with Crippen molar-refractivity contribution in [2.75, 3.05) is 5.73 Å². The topological polar surface area (TPSA) is 77.0 Å². The van der Waals surface area contributed by atoms with Crippen LogP contribution in [0.15, 0.2) is 12.4 Å². The molecule has 5 nitrogen and oxygen atoms in total. The van der Waals surface area contributed by atoms with Crippen LogP contribution in [0.5, 0.6) is 5.88 Å². The van der Waals surface area contributed by atoms with Crippen molar-refractivity contribution in [1.29, 1.82) is 0 Å². The molecule has 0 bridgehead atoms. The van der Waals surface area contributed by atoms with E-state index in [9.17, 15) is 5.11 Å². The Morgan fingerprint density at radius 2 is 2.12 bits per heavy atom. The van der Waals surface area contributed by atoms with E-state index in [1.54, 1.807) is 6.20 Å². The molecule has 3 rings (SSSR count). The van der Waals surface area contributed by atoms with Gasteiger partial charge in [0, 0.05) is 18.4 Å². The van der Waals surface area contributed by atoms with Crippen molar-refractivity contribution < 1.29 is 5.11 Å². The van der Waals surface area contributed by atoms with Gasteiger partial charge in [0.1, 0.15) is 0 Å². The van der Waals surface area contributed by atoms with Gasteiger partial charge in [0.15, 0.2) is 0 Å². The summed E-state index contributed by atoms with van der Waals surface area (Å²) in [5.41, 5.74) is 6.24. The van der Waals surface area contributed by atoms with Crippen LogP contribution in [-0.2, 0) is 0 Å². The fourth-order valence-corrected chi connectivity index (χ4v) is 2.47. The highest BCUT2D eigenvalue weighted by Gasteiger charge is 2.21. The third-order valence-corrected chi connectivity index (χ3v) is 3.30. The Morgan fingerprint density at radius 3 is 2.88 bits per heavy atom. The van der Waals surface area contributed by atoms with Crippen LogP contribution >= 0.6 is 0 Å². The van der Waals surface area contributed by atoms with E-state index >= 15 is 0 Å². The van der Waals surface area contributed by atoms with Gasteiger partial charge >= 0.3 is 0 Å². The second kappa shape index (κ2) is 3.37. The van der Waals surface area contributed by atoms with Gasteiger partial charge in [-0.3, -0.25) is 0 Å². The summed E-state index contributed by atoms with van der Waals surface area (Å²) in [6, 6.07) is 0.399. The molecule has 5 heteroatoms. The van der Waals surface area contributed by atoms with Gasteiger partial charge in [0.05, 0.1) is 10.9 Å². The molecule has 16 heavy (non-hydrogen) atoms. The summed E-state index contributed by atoms with van der Waals surface area (Å²) in [5, 5.41) is 10.8. The van der Waals surface area contributed by atoms with Crippen molar-refractivity contribution in [3.63, 3.8) is 0 Å². The first-order valence-electron chi connectivity index (χ1n) is 5.58. The van der Waals surface area contributed by atoms with Crippen LogP contribution < -0.4 is 5.73 Å². The zero-order chi connectivity index (χ0) is 11.1. The SMILES string of the molecule is Nc1ncc2c(O)n(C3CCCC3)cc2n1. The number of fused-ring (bicyclic) bond motifs is 1. The molecule has 0 aliphatic heterocycles. The third kappa shape index (κ3) is 1.31. The fourth-order valence-electron chi connectivity index (χ4n) is 2.47. The Labute approximate surface area is 92.9 Å². The first-order chi connectivity index (χ1) is 7.75. The van der Waals surface area contributed by atoms with Crippen LogP contribution in [-0.4, -0.2) is 19.6 Å². The molecule has 84 valence electrons. The number of anilines is 1. The van der Waals surface area contributed by atoms with Crippen molar-refractivity contribution in [2.24, 2.45) is 0 Å². The molecule has 1 aliphatic carbocycles. The van der Waals surface area contributed by atoms with Crippen LogP contribution in [0, 0.1) is 0 Å². The molecule has 0 amide bonds. The average Bonchev–Trinajstić information content (AvgIpc) is 2.86. The minimum Gasteiger partial charge on any atom is -0.494 e. The smallest absolute Gasteiger partial charge is 0.220 e. The molecule has 2 heterocycles. The van der Waals surface area contributed by atoms with E-state index < -0.39 is 0 Å². The molecule has 0 radical (unpaired) electrons. The number of hydrogen-bond donors (Lipinski definition) is 2. The highest BCUT2D eigenvalue weighted by atomic mass is 16.3. The summed E-state index contributed by atoms with van der Waals surface area (Å²) < 4.78 is 1.91. The van der Waals surface area contributed by atoms with E-state index in [-0.39, 0.29) is 11.8 Å². The van der Waals surface area contributed by atoms with E-state index in [1.165, 1.54) is 12.8 Å². The molecule has 0 aromatic carbocycles. The number of nitrogen functional groups attached to an aromatic ring is 1. The quantitative estimate of drug-likeness (QED) is 0.765. The van der Waals surface area contributed by atoms with Crippen LogP contribution in [0.4, 0.5) is 5.95 Å². The summed E-state index contributed by atoms with van der Waals surface area (Å²) in [7, 11) is 0. The second-order valence-electron chi connectivity index (χ2n) is 4.33. The number of aromatic hydroxyl groups is 1. The average molecular weight is 218 g/mol. The number of aromatic nitrogens is 3. The summed E-state index contributed by atoms with van der Waals surface area (Å²) in [6.07, 6.45) is 8.16. The Kier molecular flexibility index (Phi) is 1.99. The van der Waals surface area contributed by atoms with E-state index in [0.29, 0.717) is 11.4 Å². The predicted octanol–water partition coefficient (Wildman–Crippen LogP) is 1.83. The second-order valence-corrected chi connectivity index (χ2v) is 4.33. The Morgan fingerprint density at radius 1 is 1.38 bits per heavy atom. The minimum absolute atomic E-state index is 0.246. The van der Waals surface area contributed by atoms with Crippen molar-refractivity contribution in [3.05, 3.63) is 12.4 Å². The molecule has 1 fully saturated rings. The molecule has 0 spiro atoms. The third-order valence-electron chi connectivity index (χ3n) is 3.30. The standard InChI is InChI=1S/C11H14N4O/c12-11-13-5-8-9(14-11)6-15(10(8)16)7-3-1-2-4-7/h5-7,16H,1-4H2,(H2,12,14). The van der Waals surface area contributed by atoms with Crippen LogP contribution in [0.1, 0.15) is 31.7 Å². The highest BCUT2D eigenvalue weighted by molar-refractivity contribution is 5.84. The molecule has 0 atom stereocenters. The number of nitrogens with zero attached hydrogens (tertiary/aromatic N) is 3. The number of nitrogens with two attached hydrogens (primary N) is 1. The van der Waals surface area contributed by atoms with E-state index in [1.807, 2.05) is 10.8 Å². The normalized spacial score (nSPS) is 17.2. The zero-order valence-electron chi connectivity index (χ0n) is 8.93. The first kappa shape index (κ1) is 9.45. The molecule has 2 aromatic rings. The molecule has 3 N–H and O–H groups in total. The Bertz CT molecular complexity index is 528. The van der Waals surface area contributed by atoms with Crippen LogP contribution in [0.25, 0.3) is 10.9 Å². The number of hydrogen-bond acceptors (Lipinski definition) is 4.